The van der Waals surface area contributed by atoms with Crippen molar-refractivity contribution in [2.45, 2.75) is 19.4 Å². The monoisotopic (exact) mass is 421 g/mol. The van der Waals surface area contributed by atoms with Crippen LogP contribution in [0.5, 0.6) is 5.75 Å². The van der Waals surface area contributed by atoms with E-state index in [-0.39, 0.29) is 35.5 Å². The summed E-state index contributed by atoms with van der Waals surface area (Å²) in [6.45, 7) is 5.12. The quantitative estimate of drug-likeness (QED) is 0.241. The van der Waals surface area contributed by atoms with Gasteiger partial charge < -0.3 is 15.0 Å². The van der Waals surface area contributed by atoms with Crippen LogP contribution in [-0.4, -0.2) is 38.6 Å². The van der Waals surface area contributed by atoms with Gasteiger partial charge in [-0.3, -0.25) is 4.99 Å². The molecule has 0 heterocycles. The van der Waals surface area contributed by atoms with Gasteiger partial charge in [-0.25, -0.2) is 4.39 Å². The second kappa shape index (κ2) is 11.3. The Morgan fingerprint density at radius 1 is 1.50 bits per heavy atom. The van der Waals surface area contributed by atoms with Crippen LogP contribution in [0.25, 0.3) is 0 Å². The Labute approximate surface area is 149 Å². The highest BCUT2D eigenvalue weighted by atomic mass is 127. The third-order valence-electron chi connectivity index (χ3n) is 3.14. The number of ether oxygens (including phenoxy) is 1. The van der Waals surface area contributed by atoms with Crippen molar-refractivity contribution in [1.29, 1.82) is 0 Å². The molecule has 1 N–H and O–H groups in total. The van der Waals surface area contributed by atoms with Crippen molar-refractivity contribution in [3.05, 3.63) is 42.2 Å². The number of allylic oxidation sites excluding steroid dienone is 1. The minimum absolute atomic E-state index is 0. The van der Waals surface area contributed by atoms with Crippen molar-refractivity contribution in [1.82, 2.24) is 10.2 Å². The summed E-state index contributed by atoms with van der Waals surface area (Å²) in [5.41, 5.74) is 0.842. The molecule has 0 aliphatic carbocycles. The number of methoxy groups -OCH3 is 1. The van der Waals surface area contributed by atoms with E-state index >= 15 is 0 Å². The molecule has 0 aromatic heterocycles. The molecule has 0 bridgehead atoms. The molecular formula is C16H25FIN3O. The Morgan fingerprint density at radius 2 is 2.23 bits per heavy atom. The Balaban J connectivity index is 0.00000441. The lowest BCUT2D eigenvalue weighted by Gasteiger charge is -2.22. The van der Waals surface area contributed by atoms with Gasteiger partial charge in [0.2, 0.25) is 0 Å². The van der Waals surface area contributed by atoms with Gasteiger partial charge in [-0.1, -0.05) is 12.1 Å². The Bertz CT molecular complexity index is 494. The van der Waals surface area contributed by atoms with Crippen molar-refractivity contribution in [2.24, 2.45) is 4.99 Å². The number of nitrogens with one attached hydrogen (secondary N) is 1. The molecule has 124 valence electrons. The van der Waals surface area contributed by atoms with Gasteiger partial charge in [0.05, 0.1) is 7.11 Å². The average molecular weight is 421 g/mol. The Morgan fingerprint density at radius 3 is 2.77 bits per heavy atom. The van der Waals surface area contributed by atoms with Crippen LogP contribution < -0.4 is 10.1 Å². The highest BCUT2D eigenvalue weighted by Crippen LogP contribution is 2.17. The first-order chi connectivity index (χ1) is 10.1. The maximum atomic E-state index is 13.6. The molecule has 0 saturated heterocycles. The van der Waals surface area contributed by atoms with Crippen molar-refractivity contribution < 1.29 is 9.13 Å². The van der Waals surface area contributed by atoms with Crippen LogP contribution in [0, 0.1) is 5.82 Å². The summed E-state index contributed by atoms with van der Waals surface area (Å²) < 4.78 is 18.5. The predicted molar refractivity (Wildman–Crippen MR) is 101 cm³/mol. The first-order valence-electron chi connectivity index (χ1n) is 6.97. The van der Waals surface area contributed by atoms with E-state index in [9.17, 15) is 4.39 Å². The van der Waals surface area contributed by atoms with E-state index in [0.717, 1.165) is 30.9 Å². The number of rotatable bonds is 7. The molecule has 0 radical (unpaired) electrons. The molecule has 6 heteroatoms. The van der Waals surface area contributed by atoms with E-state index in [1.807, 2.05) is 24.1 Å². The third kappa shape index (κ3) is 6.64. The van der Waals surface area contributed by atoms with Gasteiger partial charge in [-0.15, -0.1) is 30.6 Å². The molecule has 4 nitrogen and oxygen atoms in total. The topological polar surface area (TPSA) is 36.9 Å². The molecule has 22 heavy (non-hydrogen) atoms. The molecule has 0 spiro atoms. The lowest BCUT2D eigenvalue weighted by molar-refractivity contribution is 0.386. The summed E-state index contributed by atoms with van der Waals surface area (Å²) >= 11 is 0. The van der Waals surface area contributed by atoms with Crippen LogP contribution in [0.2, 0.25) is 0 Å². The van der Waals surface area contributed by atoms with E-state index in [1.54, 1.807) is 13.1 Å². The highest BCUT2D eigenvalue weighted by molar-refractivity contribution is 14.0. The van der Waals surface area contributed by atoms with Crippen LogP contribution in [0.3, 0.4) is 0 Å². The van der Waals surface area contributed by atoms with Crippen LogP contribution in [-0.2, 0) is 6.54 Å². The zero-order chi connectivity index (χ0) is 15.7. The Hall–Kier alpha value is -1.31. The lowest BCUT2D eigenvalue weighted by Crippen LogP contribution is -2.38. The second-order valence-corrected chi connectivity index (χ2v) is 4.72. The molecule has 1 rings (SSSR count). The number of aliphatic imine (C=N–C) groups is 1. The van der Waals surface area contributed by atoms with Gasteiger partial charge in [0, 0.05) is 27.2 Å². The van der Waals surface area contributed by atoms with Gasteiger partial charge in [0.15, 0.2) is 17.5 Å². The van der Waals surface area contributed by atoms with E-state index in [2.05, 4.69) is 16.9 Å². The van der Waals surface area contributed by atoms with E-state index in [0.29, 0.717) is 6.54 Å². The maximum absolute atomic E-state index is 13.6. The van der Waals surface area contributed by atoms with Crippen LogP contribution in [0.4, 0.5) is 4.39 Å². The van der Waals surface area contributed by atoms with Gasteiger partial charge in [-0.05, 0) is 30.5 Å². The maximum Gasteiger partial charge on any atom is 0.193 e. The smallest absolute Gasteiger partial charge is 0.193 e. The normalized spacial score (nSPS) is 10.6. The summed E-state index contributed by atoms with van der Waals surface area (Å²) in [7, 11) is 5.17. The zero-order valence-corrected chi connectivity index (χ0v) is 15.8. The molecule has 1 aromatic carbocycles. The number of halogens is 2. The molecule has 0 aliphatic rings. The summed E-state index contributed by atoms with van der Waals surface area (Å²) in [5.74, 6) is 0.686. The standard InChI is InChI=1S/C16H24FN3O.HI/c1-5-6-7-10-20(3)16(18-2)19-12-13-8-9-15(21-4)14(17)11-13;/h5,8-9,11H,1,6-7,10,12H2,2-4H3,(H,18,19);1H. The summed E-state index contributed by atoms with van der Waals surface area (Å²) in [5, 5.41) is 3.22. The fraction of sp³-hybridized carbons (Fsp3) is 0.438. The number of hydrogen-bond acceptors (Lipinski definition) is 2. The molecule has 0 fully saturated rings. The molecule has 0 unspecified atom stereocenters. The number of unbranched alkanes of at least 4 members (excludes halogenated alkanes) is 1. The lowest BCUT2D eigenvalue weighted by atomic mass is 10.2. The predicted octanol–water partition coefficient (Wildman–Crippen LogP) is 3.43. The van der Waals surface area contributed by atoms with E-state index in [1.165, 1.54) is 13.2 Å². The van der Waals surface area contributed by atoms with Crippen LogP contribution >= 0.6 is 24.0 Å². The van der Waals surface area contributed by atoms with Gasteiger partial charge in [0.25, 0.3) is 0 Å². The molecule has 0 aliphatic heterocycles. The minimum Gasteiger partial charge on any atom is -0.494 e. The molecular weight excluding hydrogens is 396 g/mol. The summed E-state index contributed by atoms with van der Waals surface area (Å²) in [6.07, 6.45) is 3.91. The van der Waals surface area contributed by atoms with Gasteiger partial charge in [0.1, 0.15) is 0 Å². The van der Waals surface area contributed by atoms with E-state index in [4.69, 9.17) is 4.74 Å². The summed E-state index contributed by atoms with van der Waals surface area (Å²) in [6, 6.07) is 4.93. The SMILES string of the molecule is C=CCCCN(C)C(=NC)NCc1ccc(OC)c(F)c1.I. The molecule has 0 saturated carbocycles. The van der Waals surface area contributed by atoms with Crippen molar-refractivity contribution in [3.63, 3.8) is 0 Å². The number of hydrogen-bond donors (Lipinski definition) is 1. The van der Waals surface area contributed by atoms with Crippen molar-refractivity contribution in [2.75, 3.05) is 27.7 Å². The number of nitrogens with zero attached hydrogens (tertiary/aromatic N) is 2. The largest absolute Gasteiger partial charge is 0.494 e. The molecule has 0 atom stereocenters. The third-order valence-corrected chi connectivity index (χ3v) is 3.14. The fourth-order valence-corrected chi connectivity index (χ4v) is 1.96. The van der Waals surface area contributed by atoms with Crippen molar-refractivity contribution >= 4 is 29.9 Å². The highest BCUT2D eigenvalue weighted by Gasteiger charge is 2.07. The first kappa shape index (κ1) is 20.7. The van der Waals surface area contributed by atoms with Crippen LogP contribution in [0.15, 0.2) is 35.8 Å². The average Bonchev–Trinajstić information content (AvgIpc) is 2.48. The van der Waals surface area contributed by atoms with Crippen molar-refractivity contribution in [3.8, 4) is 5.75 Å². The number of benzene rings is 1. The summed E-state index contributed by atoms with van der Waals surface area (Å²) in [4.78, 5) is 6.27. The minimum atomic E-state index is -0.355. The molecule has 1 aromatic rings. The van der Waals surface area contributed by atoms with E-state index < -0.39 is 0 Å². The number of guanidine groups is 1. The fourth-order valence-electron chi connectivity index (χ4n) is 1.96. The van der Waals surface area contributed by atoms with Gasteiger partial charge in [-0.2, -0.15) is 0 Å². The van der Waals surface area contributed by atoms with Crippen LogP contribution in [0.1, 0.15) is 18.4 Å². The molecule has 0 amide bonds. The second-order valence-electron chi connectivity index (χ2n) is 4.72. The zero-order valence-electron chi connectivity index (χ0n) is 13.4. The van der Waals surface area contributed by atoms with Gasteiger partial charge >= 0.3 is 0 Å². The first-order valence-corrected chi connectivity index (χ1v) is 6.97. The Kier molecular flexibility index (Phi) is 10.6.